The smallest absolute Gasteiger partial charge is 0.221 e. The number of furan rings is 1. The van der Waals surface area contributed by atoms with Gasteiger partial charge in [-0.1, -0.05) is 0 Å². The van der Waals surface area contributed by atoms with Gasteiger partial charge in [-0.25, -0.2) is 0 Å². The molecule has 0 saturated heterocycles. The molecule has 0 bridgehead atoms. The highest BCUT2D eigenvalue weighted by atomic mass is 16.5. The molecule has 0 spiro atoms. The van der Waals surface area contributed by atoms with Crippen LogP contribution in [0.25, 0.3) is 0 Å². The molecule has 0 aliphatic rings. The van der Waals surface area contributed by atoms with Crippen molar-refractivity contribution in [2.24, 2.45) is 0 Å². The monoisotopic (exact) mass is 290 g/mol. The minimum Gasteiger partial charge on any atom is -0.494 e. The molecule has 1 amide bonds. The average molecular weight is 290 g/mol. The van der Waals surface area contributed by atoms with E-state index in [-0.39, 0.29) is 12.5 Å². The second-order valence-electron chi connectivity index (χ2n) is 4.48. The Morgan fingerprint density at radius 2 is 2.05 bits per heavy atom. The molecule has 0 saturated carbocycles. The number of aliphatic hydroxyl groups is 1. The van der Waals surface area contributed by atoms with Crippen LogP contribution in [0.2, 0.25) is 0 Å². The summed E-state index contributed by atoms with van der Waals surface area (Å²) in [4.78, 5) is 11.1. The van der Waals surface area contributed by atoms with Crippen molar-refractivity contribution in [1.82, 2.24) is 0 Å². The summed E-state index contributed by atoms with van der Waals surface area (Å²) in [5, 5.41) is 14.8. The molecule has 6 heteroatoms. The molecule has 1 aromatic carbocycles. The van der Waals surface area contributed by atoms with Gasteiger partial charge in [0.2, 0.25) is 5.91 Å². The van der Waals surface area contributed by atoms with Gasteiger partial charge < -0.3 is 24.9 Å². The molecule has 0 aliphatic carbocycles. The lowest BCUT2D eigenvalue weighted by Crippen LogP contribution is -2.07. The summed E-state index contributed by atoms with van der Waals surface area (Å²) < 4.78 is 10.6. The highest BCUT2D eigenvalue weighted by Gasteiger charge is 2.06. The van der Waals surface area contributed by atoms with Crippen molar-refractivity contribution in [2.45, 2.75) is 20.1 Å². The van der Waals surface area contributed by atoms with Crippen molar-refractivity contribution < 1.29 is 19.1 Å². The Labute approximate surface area is 122 Å². The molecule has 21 heavy (non-hydrogen) atoms. The fourth-order valence-corrected chi connectivity index (χ4v) is 1.89. The zero-order chi connectivity index (χ0) is 15.2. The second-order valence-corrected chi connectivity index (χ2v) is 4.48. The summed E-state index contributed by atoms with van der Waals surface area (Å²) in [6, 6.07) is 8.94. The van der Waals surface area contributed by atoms with Crippen LogP contribution in [0.4, 0.5) is 11.4 Å². The number of hydrogen-bond donors (Lipinski definition) is 3. The fourth-order valence-electron chi connectivity index (χ4n) is 1.89. The average Bonchev–Trinajstić information content (AvgIpc) is 2.93. The Hall–Kier alpha value is -2.47. The van der Waals surface area contributed by atoms with Crippen LogP contribution in [0.3, 0.4) is 0 Å². The molecule has 0 fully saturated rings. The Balaban J connectivity index is 2.04. The third kappa shape index (κ3) is 4.00. The first kappa shape index (κ1) is 14.9. The van der Waals surface area contributed by atoms with Gasteiger partial charge in [0.05, 0.1) is 19.3 Å². The zero-order valence-electron chi connectivity index (χ0n) is 12.0. The molecule has 1 heterocycles. The minimum atomic E-state index is -0.152. The predicted octanol–water partition coefficient (Wildman–Crippen LogP) is 2.35. The number of benzene rings is 1. The molecule has 6 nitrogen and oxygen atoms in total. The Bertz CT molecular complexity index is 622. The summed E-state index contributed by atoms with van der Waals surface area (Å²) in [5.41, 5.74) is 1.46. The van der Waals surface area contributed by atoms with Gasteiger partial charge in [0.1, 0.15) is 23.9 Å². The van der Waals surface area contributed by atoms with E-state index in [1.807, 2.05) is 12.1 Å². The first-order chi connectivity index (χ1) is 10.1. The van der Waals surface area contributed by atoms with Crippen LogP contribution < -0.4 is 15.4 Å². The van der Waals surface area contributed by atoms with Gasteiger partial charge in [-0.3, -0.25) is 4.79 Å². The minimum absolute atomic E-state index is 0.112. The van der Waals surface area contributed by atoms with Crippen LogP contribution in [-0.4, -0.2) is 18.1 Å². The number of amides is 1. The molecule has 0 atom stereocenters. The molecule has 2 aromatic rings. The number of methoxy groups -OCH3 is 1. The molecule has 1 aromatic heterocycles. The van der Waals surface area contributed by atoms with Gasteiger partial charge >= 0.3 is 0 Å². The predicted molar refractivity (Wildman–Crippen MR) is 79.3 cm³/mol. The standard InChI is InChI=1S/C15H18N2O4/c1-10(19)17-14-6-3-11(7-15(14)20-2)16-8-12-4-5-13(9-18)21-12/h3-7,16,18H,8-9H2,1-2H3,(H,17,19). The van der Waals surface area contributed by atoms with Crippen molar-refractivity contribution >= 4 is 17.3 Å². The van der Waals surface area contributed by atoms with Crippen LogP contribution in [0.1, 0.15) is 18.4 Å². The molecule has 3 N–H and O–H groups in total. The van der Waals surface area contributed by atoms with E-state index in [1.54, 1.807) is 25.3 Å². The maximum absolute atomic E-state index is 11.1. The summed E-state index contributed by atoms with van der Waals surface area (Å²) in [6.45, 7) is 1.82. The van der Waals surface area contributed by atoms with E-state index in [0.29, 0.717) is 23.7 Å². The summed E-state index contributed by atoms with van der Waals surface area (Å²) >= 11 is 0. The van der Waals surface area contributed by atoms with E-state index in [9.17, 15) is 4.79 Å². The lowest BCUT2D eigenvalue weighted by molar-refractivity contribution is -0.114. The number of rotatable bonds is 6. The van der Waals surface area contributed by atoms with Crippen LogP contribution in [-0.2, 0) is 17.9 Å². The Morgan fingerprint density at radius 3 is 2.67 bits per heavy atom. The molecular weight excluding hydrogens is 272 g/mol. The second kappa shape index (κ2) is 6.81. The van der Waals surface area contributed by atoms with Crippen molar-refractivity contribution in [1.29, 1.82) is 0 Å². The normalized spacial score (nSPS) is 10.2. The quantitative estimate of drug-likeness (QED) is 0.760. The van der Waals surface area contributed by atoms with E-state index in [1.165, 1.54) is 6.92 Å². The van der Waals surface area contributed by atoms with Crippen molar-refractivity contribution in [2.75, 3.05) is 17.7 Å². The van der Waals surface area contributed by atoms with Crippen LogP contribution in [0.5, 0.6) is 5.75 Å². The van der Waals surface area contributed by atoms with Crippen molar-refractivity contribution in [3.05, 3.63) is 41.9 Å². The van der Waals surface area contributed by atoms with E-state index in [4.69, 9.17) is 14.3 Å². The summed E-state index contributed by atoms with van der Waals surface area (Å²) in [7, 11) is 1.55. The maximum Gasteiger partial charge on any atom is 0.221 e. The number of ether oxygens (including phenoxy) is 1. The fraction of sp³-hybridized carbons (Fsp3) is 0.267. The first-order valence-electron chi connectivity index (χ1n) is 6.50. The molecular formula is C15H18N2O4. The zero-order valence-corrected chi connectivity index (χ0v) is 12.0. The third-order valence-electron chi connectivity index (χ3n) is 2.85. The number of carbonyl (C=O) groups excluding carboxylic acids is 1. The van der Waals surface area contributed by atoms with Gasteiger partial charge in [-0.2, -0.15) is 0 Å². The SMILES string of the molecule is COc1cc(NCc2ccc(CO)o2)ccc1NC(C)=O. The van der Waals surface area contributed by atoms with Gasteiger partial charge in [0, 0.05) is 18.7 Å². The number of carbonyl (C=O) groups is 1. The number of aliphatic hydroxyl groups excluding tert-OH is 1. The number of anilines is 2. The molecule has 0 aliphatic heterocycles. The summed E-state index contributed by atoms with van der Waals surface area (Å²) in [5.74, 6) is 1.68. The highest BCUT2D eigenvalue weighted by Crippen LogP contribution is 2.28. The molecule has 0 radical (unpaired) electrons. The van der Waals surface area contributed by atoms with Gasteiger partial charge in [-0.15, -0.1) is 0 Å². The van der Waals surface area contributed by atoms with Crippen LogP contribution in [0, 0.1) is 0 Å². The van der Waals surface area contributed by atoms with Gasteiger partial charge in [-0.05, 0) is 24.3 Å². The lowest BCUT2D eigenvalue weighted by Gasteiger charge is -2.11. The van der Waals surface area contributed by atoms with Crippen molar-refractivity contribution in [3.8, 4) is 5.75 Å². The van der Waals surface area contributed by atoms with Gasteiger partial charge in [0.15, 0.2) is 0 Å². The first-order valence-corrected chi connectivity index (χ1v) is 6.50. The van der Waals surface area contributed by atoms with E-state index in [0.717, 1.165) is 11.4 Å². The largest absolute Gasteiger partial charge is 0.494 e. The highest BCUT2D eigenvalue weighted by molar-refractivity contribution is 5.90. The lowest BCUT2D eigenvalue weighted by atomic mass is 10.2. The third-order valence-corrected chi connectivity index (χ3v) is 2.85. The number of nitrogens with one attached hydrogen (secondary N) is 2. The summed E-state index contributed by atoms with van der Waals surface area (Å²) in [6.07, 6.45) is 0. The van der Waals surface area contributed by atoms with Gasteiger partial charge in [0.25, 0.3) is 0 Å². The Kier molecular flexibility index (Phi) is 4.84. The van der Waals surface area contributed by atoms with Crippen LogP contribution >= 0.6 is 0 Å². The Morgan fingerprint density at radius 1 is 1.29 bits per heavy atom. The van der Waals surface area contributed by atoms with E-state index in [2.05, 4.69) is 10.6 Å². The number of hydrogen-bond acceptors (Lipinski definition) is 5. The maximum atomic E-state index is 11.1. The van der Waals surface area contributed by atoms with Crippen LogP contribution in [0.15, 0.2) is 34.7 Å². The topological polar surface area (TPSA) is 83.7 Å². The molecule has 112 valence electrons. The van der Waals surface area contributed by atoms with E-state index < -0.39 is 0 Å². The molecule has 0 unspecified atom stereocenters. The van der Waals surface area contributed by atoms with E-state index >= 15 is 0 Å². The molecule has 2 rings (SSSR count). The van der Waals surface area contributed by atoms with Crippen molar-refractivity contribution in [3.63, 3.8) is 0 Å².